The molecule has 2 rings (SSSR count). The summed E-state index contributed by atoms with van der Waals surface area (Å²) in [4.78, 5) is 17.6. The van der Waals surface area contributed by atoms with E-state index < -0.39 is 0 Å². The van der Waals surface area contributed by atoms with Crippen LogP contribution in [-0.4, -0.2) is 55.3 Å². The van der Waals surface area contributed by atoms with Crippen molar-refractivity contribution in [2.75, 3.05) is 44.7 Å². The summed E-state index contributed by atoms with van der Waals surface area (Å²) in [5, 5.41) is 6.81. The van der Waals surface area contributed by atoms with Gasteiger partial charge in [0.25, 0.3) is 0 Å². The molecule has 0 atom stereocenters. The van der Waals surface area contributed by atoms with Crippen molar-refractivity contribution in [1.82, 2.24) is 15.2 Å². The Bertz CT molecular complexity index is 467. The Balaban J connectivity index is 1.69. The van der Waals surface area contributed by atoms with Crippen molar-refractivity contribution in [2.45, 2.75) is 0 Å². The number of carbonyl (C=O) groups excluding carboxylic acids is 1. The van der Waals surface area contributed by atoms with Gasteiger partial charge in [-0.3, -0.25) is 0 Å². The Labute approximate surface area is 127 Å². The lowest BCUT2D eigenvalue weighted by atomic mass is 10.4. The van der Waals surface area contributed by atoms with Gasteiger partial charge >= 0.3 is 6.03 Å². The maximum Gasteiger partial charge on any atom is 0.317 e. The molecule has 20 heavy (non-hydrogen) atoms. The van der Waals surface area contributed by atoms with Gasteiger partial charge in [-0.2, -0.15) is 0 Å². The summed E-state index contributed by atoms with van der Waals surface area (Å²) in [6.07, 6.45) is 1.52. The van der Waals surface area contributed by atoms with Crippen LogP contribution in [0.4, 0.5) is 10.6 Å². The van der Waals surface area contributed by atoms with Crippen LogP contribution < -0.4 is 10.6 Å². The summed E-state index contributed by atoms with van der Waals surface area (Å²) in [6, 6.07) is 1.54. The maximum atomic E-state index is 11.8. The van der Waals surface area contributed by atoms with Crippen LogP contribution in [0.5, 0.6) is 0 Å². The fraction of sp³-hybridized carbons (Fsp3) is 0.500. The molecule has 1 aromatic rings. The van der Waals surface area contributed by atoms with E-state index in [0.29, 0.717) is 55.3 Å². The molecular weight excluding hydrogens is 303 g/mol. The lowest BCUT2D eigenvalue weighted by Crippen LogP contribution is -2.47. The van der Waals surface area contributed by atoms with Gasteiger partial charge in [0, 0.05) is 32.4 Å². The molecule has 0 aromatic carbocycles. The molecule has 0 spiro atoms. The van der Waals surface area contributed by atoms with Gasteiger partial charge in [0.1, 0.15) is 5.82 Å². The van der Waals surface area contributed by atoms with Crippen LogP contribution in [0.2, 0.25) is 10.0 Å². The number of morpholine rings is 1. The first-order valence-corrected chi connectivity index (χ1v) is 7.08. The SMILES string of the molecule is O=C(NCCNc1ncc(Cl)cc1Cl)N1CCOCC1. The van der Waals surface area contributed by atoms with E-state index in [0.717, 1.165) is 0 Å². The second-order valence-corrected chi connectivity index (χ2v) is 5.09. The fourth-order valence-corrected chi connectivity index (χ4v) is 2.22. The van der Waals surface area contributed by atoms with Gasteiger partial charge in [0.2, 0.25) is 0 Å². The van der Waals surface area contributed by atoms with Crippen LogP contribution in [0.25, 0.3) is 0 Å². The van der Waals surface area contributed by atoms with Gasteiger partial charge < -0.3 is 20.3 Å². The highest BCUT2D eigenvalue weighted by atomic mass is 35.5. The molecule has 2 heterocycles. The Kier molecular flexibility index (Phi) is 5.70. The number of hydrogen-bond acceptors (Lipinski definition) is 4. The quantitative estimate of drug-likeness (QED) is 0.831. The summed E-state index contributed by atoms with van der Waals surface area (Å²) in [7, 11) is 0. The average Bonchev–Trinajstić information content (AvgIpc) is 2.46. The zero-order valence-corrected chi connectivity index (χ0v) is 12.4. The molecule has 1 aromatic heterocycles. The number of anilines is 1. The smallest absolute Gasteiger partial charge is 0.317 e. The van der Waals surface area contributed by atoms with Gasteiger partial charge in [-0.05, 0) is 6.07 Å². The zero-order valence-electron chi connectivity index (χ0n) is 10.9. The van der Waals surface area contributed by atoms with E-state index in [2.05, 4.69) is 15.6 Å². The van der Waals surface area contributed by atoms with Crippen LogP contribution in [-0.2, 0) is 4.74 Å². The Morgan fingerprint density at radius 1 is 1.35 bits per heavy atom. The molecule has 1 aliphatic rings. The largest absolute Gasteiger partial charge is 0.378 e. The van der Waals surface area contributed by atoms with Crippen molar-refractivity contribution in [3.63, 3.8) is 0 Å². The Hall–Kier alpha value is -1.24. The van der Waals surface area contributed by atoms with Gasteiger partial charge in [-0.1, -0.05) is 23.2 Å². The predicted molar refractivity (Wildman–Crippen MR) is 78.5 cm³/mol. The lowest BCUT2D eigenvalue weighted by molar-refractivity contribution is 0.0533. The molecule has 1 aliphatic heterocycles. The fourth-order valence-electron chi connectivity index (χ4n) is 1.77. The molecule has 0 unspecified atom stereocenters. The lowest BCUT2D eigenvalue weighted by Gasteiger charge is -2.26. The third kappa shape index (κ3) is 4.40. The van der Waals surface area contributed by atoms with E-state index in [4.69, 9.17) is 27.9 Å². The van der Waals surface area contributed by atoms with Crippen LogP contribution in [0, 0.1) is 0 Å². The number of nitrogens with one attached hydrogen (secondary N) is 2. The summed E-state index contributed by atoms with van der Waals surface area (Å²) in [5.74, 6) is 0.552. The van der Waals surface area contributed by atoms with Crippen molar-refractivity contribution >= 4 is 35.1 Å². The molecule has 0 radical (unpaired) electrons. The van der Waals surface area contributed by atoms with Crippen LogP contribution in [0.1, 0.15) is 0 Å². The van der Waals surface area contributed by atoms with E-state index in [1.165, 1.54) is 6.20 Å². The minimum absolute atomic E-state index is 0.0785. The molecule has 8 heteroatoms. The topological polar surface area (TPSA) is 66.5 Å². The highest BCUT2D eigenvalue weighted by molar-refractivity contribution is 6.35. The summed E-state index contributed by atoms with van der Waals surface area (Å²) < 4.78 is 5.19. The maximum absolute atomic E-state index is 11.8. The molecule has 1 fully saturated rings. The van der Waals surface area contributed by atoms with E-state index in [-0.39, 0.29) is 6.03 Å². The average molecular weight is 319 g/mol. The first-order chi connectivity index (χ1) is 9.66. The molecular formula is C12H16Cl2N4O2. The molecule has 1 saturated heterocycles. The number of amides is 2. The number of ether oxygens (including phenoxy) is 1. The molecule has 2 amide bonds. The van der Waals surface area contributed by atoms with Gasteiger partial charge in [0.15, 0.2) is 0 Å². The molecule has 0 bridgehead atoms. The highest BCUT2D eigenvalue weighted by Gasteiger charge is 2.15. The normalized spacial score (nSPS) is 15.0. The van der Waals surface area contributed by atoms with Gasteiger partial charge in [-0.25, -0.2) is 9.78 Å². The van der Waals surface area contributed by atoms with Crippen molar-refractivity contribution < 1.29 is 9.53 Å². The number of carbonyl (C=O) groups is 1. The first-order valence-electron chi connectivity index (χ1n) is 6.32. The monoisotopic (exact) mass is 318 g/mol. The predicted octanol–water partition coefficient (Wildman–Crippen LogP) is 1.84. The molecule has 0 saturated carbocycles. The molecule has 2 N–H and O–H groups in total. The zero-order chi connectivity index (χ0) is 14.4. The standard InChI is InChI=1S/C12H16Cl2N4O2/c13-9-7-10(14)11(17-8-9)15-1-2-16-12(19)18-3-5-20-6-4-18/h7-8H,1-6H2,(H,15,17)(H,16,19). The highest BCUT2D eigenvalue weighted by Crippen LogP contribution is 2.21. The van der Waals surface area contributed by atoms with Crippen molar-refractivity contribution in [2.24, 2.45) is 0 Å². The van der Waals surface area contributed by atoms with Gasteiger partial charge in [-0.15, -0.1) is 0 Å². The van der Waals surface area contributed by atoms with E-state index in [1.807, 2.05) is 0 Å². The molecule has 6 nitrogen and oxygen atoms in total. The van der Waals surface area contributed by atoms with E-state index in [1.54, 1.807) is 11.0 Å². The second-order valence-electron chi connectivity index (χ2n) is 4.24. The van der Waals surface area contributed by atoms with Crippen LogP contribution in [0.15, 0.2) is 12.3 Å². The second kappa shape index (κ2) is 7.52. The summed E-state index contributed by atoms with van der Waals surface area (Å²) in [6.45, 7) is 3.46. The third-order valence-electron chi connectivity index (χ3n) is 2.80. The number of halogens is 2. The number of nitrogens with zero attached hydrogens (tertiary/aromatic N) is 2. The number of urea groups is 1. The number of aromatic nitrogens is 1. The van der Waals surface area contributed by atoms with Crippen molar-refractivity contribution in [1.29, 1.82) is 0 Å². The molecule has 0 aliphatic carbocycles. The molecule has 110 valence electrons. The Morgan fingerprint density at radius 2 is 2.10 bits per heavy atom. The minimum Gasteiger partial charge on any atom is -0.378 e. The minimum atomic E-state index is -0.0785. The summed E-state index contributed by atoms with van der Waals surface area (Å²) in [5.41, 5.74) is 0. The number of hydrogen-bond donors (Lipinski definition) is 2. The Morgan fingerprint density at radius 3 is 2.80 bits per heavy atom. The van der Waals surface area contributed by atoms with Gasteiger partial charge in [0.05, 0.1) is 23.3 Å². The van der Waals surface area contributed by atoms with Crippen LogP contribution >= 0.6 is 23.2 Å². The van der Waals surface area contributed by atoms with Crippen LogP contribution in [0.3, 0.4) is 0 Å². The van der Waals surface area contributed by atoms with E-state index >= 15 is 0 Å². The van der Waals surface area contributed by atoms with E-state index in [9.17, 15) is 4.79 Å². The third-order valence-corrected chi connectivity index (χ3v) is 3.29. The van der Waals surface area contributed by atoms with Crippen molar-refractivity contribution in [3.8, 4) is 0 Å². The van der Waals surface area contributed by atoms with Crippen molar-refractivity contribution in [3.05, 3.63) is 22.3 Å². The summed E-state index contributed by atoms with van der Waals surface area (Å²) >= 11 is 11.7. The number of rotatable bonds is 4. The number of pyridine rings is 1. The first kappa shape index (κ1) is 15.2.